The van der Waals surface area contributed by atoms with Crippen LogP contribution in [0.25, 0.3) is 0 Å². The summed E-state index contributed by atoms with van der Waals surface area (Å²) < 4.78 is 1.90. The summed E-state index contributed by atoms with van der Waals surface area (Å²) in [5.74, 6) is 1.72. The Hall–Kier alpha value is -2.86. The third-order valence-electron chi connectivity index (χ3n) is 5.92. The highest BCUT2D eigenvalue weighted by molar-refractivity contribution is 7.98. The monoisotopic (exact) mass is 430 g/mol. The van der Waals surface area contributed by atoms with E-state index in [-0.39, 0.29) is 17.2 Å². The maximum Gasteiger partial charge on any atom is 0.227 e. The SMILES string of the molecule is Cc1ccc([C@@H]2C3=C(CC(C)(C)CC3=O)Nc3nc(SCc4ccccc4)nn32)cc1. The number of benzene rings is 2. The lowest BCUT2D eigenvalue weighted by Gasteiger charge is -2.38. The molecule has 3 aromatic rings. The molecule has 0 radical (unpaired) electrons. The molecular weight excluding hydrogens is 404 g/mol. The van der Waals surface area contributed by atoms with Crippen molar-refractivity contribution in [1.82, 2.24) is 14.8 Å². The highest BCUT2D eigenvalue weighted by Gasteiger charge is 2.41. The fourth-order valence-corrected chi connectivity index (χ4v) is 5.21. The number of fused-ring (bicyclic) bond motifs is 1. The van der Waals surface area contributed by atoms with Gasteiger partial charge in [-0.1, -0.05) is 85.8 Å². The first kappa shape index (κ1) is 20.1. The number of nitrogens with one attached hydrogen (secondary N) is 1. The zero-order valence-electron chi connectivity index (χ0n) is 18.1. The maximum absolute atomic E-state index is 13.3. The molecule has 158 valence electrons. The molecule has 0 bridgehead atoms. The summed E-state index contributed by atoms with van der Waals surface area (Å²) in [5.41, 5.74) is 5.26. The van der Waals surface area contributed by atoms with Gasteiger partial charge in [0.05, 0.1) is 0 Å². The standard InChI is InChI=1S/C25H26N4OS/c1-16-9-11-18(12-10-16)22-21-19(13-25(2,3)14-20(21)30)26-23-27-24(28-29(22)23)31-15-17-7-5-4-6-8-17/h4-12,22H,13-15H2,1-3H3,(H,26,27,28)/t22-/m1/s1. The predicted molar refractivity (Wildman–Crippen MR) is 124 cm³/mol. The normalized spacial score (nSPS) is 19.6. The third-order valence-corrected chi connectivity index (χ3v) is 6.83. The summed E-state index contributed by atoms with van der Waals surface area (Å²) in [5, 5.41) is 8.99. The van der Waals surface area contributed by atoms with Gasteiger partial charge in [-0.2, -0.15) is 4.98 Å². The van der Waals surface area contributed by atoms with Gasteiger partial charge in [-0.15, -0.1) is 5.10 Å². The van der Waals surface area contributed by atoms with Gasteiger partial charge < -0.3 is 5.32 Å². The van der Waals surface area contributed by atoms with E-state index in [2.05, 4.69) is 62.5 Å². The van der Waals surface area contributed by atoms with Crippen LogP contribution in [-0.4, -0.2) is 20.5 Å². The maximum atomic E-state index is 13.3. The number of Topliss-reactive ketones (excluding diaryl/α,β-unsaturated/α-hetero) is 1. The van der Waals surface area contributed by atoms with Crippen molar-refractivity contribution in [3.05, 3.63) is 82.6 Å². The van der Waals surface area contributed by atoms with Crippen molar-refractivity contribution >= 4 is 23.5 Å². The second-order valence-corrected chi connectivity index (χ2v) is 10.2. The molecule has 2 aliphatic rings. The Morgan fingerprint density at radius 3 is 2.58 bits per heavy atom. The average molecular weight is 431 g/mol. The van der Waals surface area contributed by atoms with Crippen LogP contribution in [0.15, 0.2) is 71.0 Å². The zero-order chi connectivity index (χ0) is 21.6. The van der Waals surface area contributed by atoms with Gasteiger partial charge in [0, 0.05) is 23.4 Å². The van der Waals surface area contributed by atoms with Gasteiger partial charge in [0.25, 0.3) is 0 Å². The van der Waals surface area contributed by atoms with Crippen LogP contribution in [0.1, 0.15) is 49.4 Å². The van der Waals surface area contributed by atoms with Crippen molar-refractivity contribution in [3.63, 3.8) is 0 Å². The van der Waals surface area contributed by atoms with E-state index in [1.54, 1.807) is 11.8 Å². The van der Waals surface area contributed by atoms with Crippen molar-refractivity contribution in [2.45, 2.75) is 50.6 Å². The molecule has 6 heteroatoms. The van der Waals surface area contributed by atoms with E-state index in [1.807, 2.05) is 22.9 Å². The van der Waals surface area contributed by atoms with Gasteiger partial charge in [-0.05, 0) is 29.9 Å². The first-order valence-electron chi connectivity index (χ1n) is 10.6. The molecule has 5 rings (SSSR count). The quantitative estimate of drug-likeness (QED) is 0.551. The molecule has 5 nitrogen and oxygen atoms in total. The second kappa shape index (κ2) is 7.68. The largest absolute Gasteiger partial charge is 0.328 e. The van der Waals surface area contributed by atoms with E-state index in [1.165, 1.54) is 11.1 Å². The van der Waals surface area contributed by atoms with Gasteiger partial charge in [-0.3, -0.25) is 4.79 Å². The van der Waals surface area contributed by atoms with Crippen LogP contribution in [0.3, 0.4) is 0 Å². The average Bonchev–Trinajstić information content (AvgIpc) is 3.14. The second-order valence-electron chi connectivity index (χ2n) is 9.21. The van der Waals surface area contributed by atoms with E-state index < -0.39 is 0 Å². The van der Waals surface area contributed by atoms with Gasteiger partial charge >= 0.3 is 0 Å². The lowest BCUT2D eigenvalue weighted by Crippen LogP contribution is -2.36. The molecular formula is C25H26N4OS. The van der Waals surface area contributed by atoms with Crippen molar-refractivity contribution in [1.29, 1.82) is 0 Å². The van der Waals surface area contributed by atoms with Gasteiger partial charge in [0.2, 0.25) is 11.1 Å². The summed E-state index contributed by atoms with van der Waals surface area (Å²) in [6.45, 7) is 6.37. The number of hydrogen-bond acceptors (Lipinski definition) is 5. The highest BCUT2D eigenvalue weighted by Crippen LogP contribution is 2.45. The number of nitrogens with zero attached hydrogens (tertiary/aromatic N) is 3. The van der Waals surface area contributed by atoms with E-state index in [9.17, 15) is 4.79 Å². The number of carbonyl (C=O) groups excluding carboxylic acids is 1. The van der Waals surface area contributed by atoms with E-state index in [0.29, 0.717) is 12.4 Å². The van der Waals surface area contributed by atoms with E-state index in [4.69, 9.17) is 10.1 Å². The van der Waals surface area contributed by atoms with Gasteiger partial charge in [-0.25, -0.2) is 4.68 Å². The zero-order valence-corrected chi connectivity index (χ0v) is 18.9. The number of aromatic nitrogens is 3. The molecule has 0 amide bonds. The Bertz CT molecular complexity index is 1160. The molecule has 0 saturated carbocycles. The van der Waals surface area contributed by atoms with Crippen molar-refractivity contribution < 1.29 is 4.79 Å². The lowest BCUT2D eigenvalue weighted by atomic mass is 9.73. The fraction of sp³-hybridized carbons (Fsp3) is 0.320. The first-order valence-corrected chi connectivity index (χ1v) is 11.6. The van der Waals surface area contributed by atoms with Crippen LogP contribution in [-0.2, 0) is 10.5 Å². The van der Waals surface area contributed by atoms with Gasteiger partial charge in [0.1, 0.15) is 6.04 Å². The van der Waals surface area contributed by atoms with Crippen LogP contribution in [0.2, 0.25) is 0 Å². The number of thioether (sulfide) groups is 1. The fourth-order valence-electron chi connectivity index (χ4n) is 4.43. The lowest BCUT2D eigenvalue weighted by molar-refractivity contribution is -0.118. The molecule has 0 saturated heterocycles. The number of allylic oxidation sites excluding steroid dienone is 2. The van der Waals surface area contributed by atoms with Crippen LogP contribution in [0.5, 0.6) is 0 Å². The van der Waals surface area contributed by atoms with E-state index in [0.717, 1.165) is 34.2 Å². The minimum absolute atomic E-state index is 0.0617. The summed E-state index contributed by atoms with van der Waals surface area (Å²) in [7, 11) is 0. The summed E-state index contributed by atoms with van der Waals surface area (Å²) >= 11 is 1.61. The van der Waals surface area contributed by atoms with Gasteiger partial charge in [0.15, 0.2) is 5.78 Å². The molecule has 0 fully saturated rings. The molecule has 1 aliphatic carbocycles. The van der Waals surface area contributed by atoms with Crippen LogP contribution in [0, 0.1) is 12.3 Å². The number of carbonyl (C=O) groups is 1. The Kier molecular flexibility index (Phi) is 4.97. The van der Waals surface area contributed by atoms with Crippen molar-refractivity contribution in [2.75, 3.05) is 5.32 Å². The molecule has 1 aliphatic heterocycles. The predicted octanol–water partition coefficient (Wildman–Crippen LogP) is 5.54. The molecule has 1 atom stereocenters. The number of ketones is 1. The number of anilines is 1. The minimum Gasteiger partial charge on any atom is -0.328 e. The molecule has 1 aromatic heterocycles. The molecule has 1 N–H and O–H groups in total. The van der Waals surface area contributed by atoms with Crippen molar-refractivity contribution in [2.24, 2.45) is 5.41 Å². The molecule has 31 heavy (non-hydrogen) atoms. The Morgan fingerprint density at radius 2 is 1.84 bits per heavy atom. The molecule has 0 spiro atoms. The van der Waals surface area contributed by atoms with Crippen LogP contribution in [0.4, 0.5) is 5.95 Å². The smallest absolute Gasteiger partial charge is 0.227 e. The molecule has 0 unspecified atom stereocenters. The first-order chi connectivity index (χ1) is 14.9. The third kappa shape index (κ3) is 3.92. The minimum atomic E-state index is -0.242. The van der Waals surface area contributed by atoms with Crippen LogP contribution >= 0.6 is 11.8 Å². The number of rotatable bonds is 4. The van der Waals surface area contributed by atoms with Crippen LogP contribution < -0.4 is 5.32 Å². The topological polar surface area (TPSA) is 59.8 Å². The molecule has 2 heterocycles. The highest BCUT2D eigenvalue weighted by atomic mass is 32.2. The Labute approximate surface area is 187 Å². The summed E-state index contributed by atoms with van der Waals surface area (Å²) in [4.78, 5) is 18.0. The number of aryl methyl sites for hydroxylation is 1. The number of hydrogen-bond donors (Lipinski definition) is 1. The Morgan fingerprint density at radius 1 is 1.10 bits per heavy atom. The Balaban J connectivity index is 1.54. The summed E-state index contributed by atoms with van der Waals surface area (Å²) in [6, 6.07) is 18.5. The summed E-state index contributed by atoms with van der Waals surface area (Å²) in [6.07, 6.45) is 1.38. The van der Waals surface area contributed by atoms with Crippen molar-refractivity contribution in [3.8, 4) is 0 Å². The molecule has 2 aromatic carbocycles. The van der Waals surface area contributed by atoms with E-state index >= 15 is 0 Å².